The van der Waals surface area contributed by atoms with Crippen LogP contribution in [0.1, 0.15) is 68.4 Å². The lowest BCUT2D eigenvalue weighted by Crippen LogP contribution is -2.44. The maximum absolute atomic E-state index is 12.8. The minimum absolute atomic E-state index is 0.104. The molecule has 1 aromatic carbocycles. The molecule has 0 aliphatic heterocycles. The van der Waals surface area contributed by atoms with Gasteiger partial charge in [0.05, 0.1) is 0 Å². The van der Waals surface area contributed by atoms with E-state index in [1.807, 2.05) is 6.08 Å². The highest BCUT2D eigenvalue weighted by Crippen LogP contribution is 2.59. The third kappa shape index (κ3) is 2.89. The van der Waals surface area contributed by atoms with Crippen LogP contribution in [0.15, 0.2) is 36.4 Å². The van der Waals surface area contributed by atoms with E-state index < -0.39 is 0 Å². The van der Waals surface area contributed by atoms with Crippen molar-refractivity contribution in [2.45, 2.75) is 63.7 Å². The maximum Gasteiger partial charge on any atom is 0.162 e. The molecule has 0 aromatic heterocycles. The molecule has 1 N–H and O–H groups in total. The molecule has 25 heavy (non-hydrogen) atoms. The van der Waals surface area contributed by atoms with Crippen molar-refractivity contribution in [3.8, 4) is 0 Å². The summed E-state index contributed by atoms with van der Waals surface area (Å²) in [5.41, 5.74) is 2.99. The van der Waals surface area contributed by atoms with Gasteiger partial charge in [-0.3, -0.25) is 4.79 Å². The number of hydrogen-bond donors (Lipinski definition) is 1. The SMILES string of the molecule is O=C1C=C[C@H]2[C@@H]3CCc4ccccc4[C@H]3CC[C@]12CCCCCCO. The molecule has 4 rings (SSSR count). The Kier molecular flexibility index (Phi) is 4.82. The number of fused-ring (bicyclic) bond motifs is 5. The Morgan fingerprint density at radius 3 is 2.80 bits per heavy atom. The van der Waals surface area contributed by atoms with Gasteiger partial charge in [-0.1, -0.05) is 49.6 Å². The lowest BCUT2D eigenvalue weighted by Gasteiger charge is -2.49. The fraction of sp³-hybridized carbons (Fsp3) is 0.609. The average molecular weight is 338 g/mol. The monoisotopic (exact) mass is 338 g/mol. The lowest BCUT2D eigenvalue weighted by atomic mass is 9.53. The third-order valence-electron chi connectivity index (χ3n) is 7.20. The summed E-state index contributed by atoms with van der Waals surface area (Å²) in [4.78, 5) is 12.8. The maximum atomic E-state index is 12.8. The predicted molar refractivity (Wildman–Crippen MR) is 100 cm³/mol. The Bertz CT molecular complexity index is 662. The summed E-state index contributed by atoms with van der Waals surface area (Å²) in [6.45, 7) is 0.289. The van der Waals surface area contributed by atoms with Crippen molar-refractivity contribution in [1.29, 1.82) is 0 Å². The van der Waals surface area contributed by atoms with Crippen molar-refractivity contribution >= 4 is 5.78 Å². The number of aliphatic hydroxyl groups is 1. The van der Waals surface area contributed by atoms with Gasteiger partial charge in [-0.15, -0.1) is 0 Å². The summed E-state index contributed by atoms with van der Waals surface area (Å²) in [7, 11) is 0. The van der Waals surface area contributed by atoms with E-state index in [-0.39, 0.29) is 12.0 Å². The van der Waals surface area contributed by atoms with E-state index in [0.29, 0.717) is 23.5 Å². The second-order valence-corrected chi connectivity index (χ2v) is 8.34. The quantitative estimate of drug-likeness (QED) is 0.756. The molecule has 2 nitrogen and oxygen atoms in total. The Balaban J connectivity index is 1.52. The van der Waals surface area contributed by atoms with E-state index in [2.05, 4.69) is 30.3 Å². The third-order valence-corrected chi connectivity index (χ3v) is 7.20. The van der Waals surface area contributed by atoms with Crippen LogP contribution in [0.2, 0.25) is 0 Å². The van der Waals surface area contributed by atoms with Crippen LogP contribution in [-0.4, -0.2) is 17.5 Å². The molecule has 3 aliphatic carbocycles. The average Bonchev–Trinajstić information content (AvgIpc) is 2.98. The Hall–Kier alpha value is -1.41. The normalized spacial score (nSPS) is 33.0. The fourth-order valence-electron chi connectivity index (χ4n) is 5.96. The second-order valence-electron chi connectivity index (χ2n) is 8.34. The van der Waals surface area contributed by atoms with Gasteiger partial charge in [-0.2, -0.15) is 0 Å². The summed E-state index contributed by atoms with van der Waals surface area (Å²) in [5.74, 6) is 2.14. The number of aliphatic hydroxyl groups excluding tert-OH is 1. The Morgan fingerprint density at radius 1 is 1.08 bits per heavy atom. The van der Waals surface area contributed by atoms with Crippen LogP contribution in [0, 0.1) is 17.3 Å². The van der Waals surface area contributed by atoms with Crippen LogP contribution in [0.5, 0.6) is 0 Å². The van der Waals surface area contributed by atoms with Gasteiger partial charge in [0.15, 0.2) is 5.78 Å². The highest BCUT2D eigenvalue weighted by atomic mass is 16.2. The molecular weight excluding hydrogens is 308 g/mol. The molecule has 1 saturated carbocycles. The fourth-order valence-corrected chi connectivity index (χ4v) is 5.96. The molecule has 134 valence electrons. The molecule has 0 saturated heterocycles. The van der Waals surface area contributed by atoms with Gasteiger partial charge < -0.3 is 5.11 Å². The van der Waals surface area contributed by atoms with Gasteiger partial charge in [0.1, 0.15) is 0 Å². The number of ketones is 1. The summed E-state index contributed by atoms with van der Waals surface area (Å²) < 4.78 is 0. The zero-order valence-electron chi connectivity index (χ0n) is 15.1. The van der Waals surface area contributed by atoms with Crippen molar-refractivity contribution in [3.05, 3.63) is 47.5 Å². The van der Waals surface area contributed by atoms with E-state index in [1.165, 1.54) is 24.8 Å². The predicted octanol–water partition coefficient (Wildman–Crippen LogP) is 4.81. The van der Waals surface area contributed by atoms with E-state index in [0.717, 1.165) is 38.5 Å². The Morgan fingerprint density at radius 2 is 1.92 bits per heavy atom. The zero-order chi connectivity index (χ0) is 17.3. The van der Waals surface area contributed by atoms with E-state index in [4.69, 9.17) is 5.11 Å². The molecular formula is C23H30O2. The van der Waals surface area contributed by atoms with Crippen molar-refractivity contribution in [3.63, 3.8) is 0 Å². The molecule has 1 aromatic rings. The van der Waals surface area contributed by atoms with Crippen LogP contribution >= 0.6 is 0 Å². The van der Waals surface area contributed by atoms with Gasteiger partial charge in [0.25, 0.3) is 0 Å². The highest BCUT2D eigenvalue weighted by molar-refractivity contribution is 5.98. The molecule has 0 heterocycles. The zero-order valence-corrected chi connectivity index (χ0v) is 15.1. The number of unbranched alkanes of at least 4 members (excludes halogenated alkanes) is 3. The van der Waals surface area contributed by atoms with E-state index in [9.17, 15) is 4.79 Å². The first-order valence-electron chi connectivity index (χ1n) is 10.2. The number of aryl methyl sites for hydroxylation is 1. The molecule has 0 spiro atoms. The molecule has 2 heteroatoms. The van der Waals surface area contributed by atoms with Gasteiger partial charge >= 0.3 is 0 Å². The van der Waals surface area contributed by atoms with Crippen LogP contribution in [0.25, 0.3) is 0 Å². The van der Waals surface area contributed by atoms with Gasteiger partial charge in [-0.05, 0) is 73.5 Å². The number of benzene rings is 1. The summed E-state index contributed by atoms with van der Waals surface area (Å²) in [5, 5.41) is 8.95. The van der Waals surface area contributed by atoms with Gasteiger partial charge in [0.2, 0.25) is 0 Å². The van der Waals surface area contributed by atoms with Crippen LogP contribution in [-0.2, 0) is 11.2 Å². The largest absolute Gasteiger partial charge is 0.396 e. The first-order chi connectivity index (χ1) is 12.3. The molecule has 0 bridgehead atoms. The number of rotatable bonds is 6. The smallest absolute Gasteiger partial charge is 0.162 e. The summed E-state index contributed by atoms with van der Waals surface area (Å²) in [6, 6.07) is 8.97. The first-order valence-corrected chi connectivity index (χ1v) is 10.2. The van der Waals surface area contributed by atoms with Crippen LogP contribution in [0.4, 0.5) is 0 Å². The number of allylic oxidation sites excluding steroid dienone is 2. The molecule has 1 fully saturated rings. The second kappa shape index (κ2) is 7.07. The summed E-state index contributed by atoms with van der Waals surface area (Å²) >= 11 is 0. The summed E-state index contributed by atoms with van der Waals surface area (Å²) in [6.07, 6.45) is 14.1. The highest BCUT2D eigenvalue weighted by Gasteiger charge is 2.54. The molecule has 0 amide bonds. The van der Waals surface area contributed by atoms with Crippen molar-refractivity contribution < 1.29 is 9.90 Å². The number of carbonyl (C=O) groups is 1. The van der Waals surface area contributed by atoms with Crippen molar-refractivity contribution in [2.24, 2.45) is 17.3 Å². The van der Waals surface area contributed by atoms with Crippen LogP contribution in [0.3, 0.4) is 0 Å². The number of carbonyl (C=O) groups excluding carboxylic acids is 1. The minimum Gasteiger partial charge on any atom is -0.396 e. The van der Waals surface area contributed by atoms with Crippen molar-refractivity contribution in [2.75, 3.05) is 6.61 Å². The van der Waals surface area contributed by atoms with Gasteiger partial charge in [0, 0.05) is 12.0 Å². The molecule has 4 atom stereocenters. The van der Waals surface area contributed by atoms with Gasteiger partial charge in [-0.25, -0.2) is 0 Å². The van der Waals surface area contributed by atoms with Crippen LogP contribution < -0.4 is 0 Å². The molecule has 0 radical (unpaired) electrons. The van der Waals surface area contributed by atoms with Crippen molar-refractivity contribution in [1.82, 2.24) is 0 Å². The van der Waals surface area contributed by atoms with E-state index in [1.54, 1.807) is 5.56 Å². The molecule has 3 aliphatic rings. The standard InChI is InChI=1S/C23H30O2/c24-16-6-2-1-5-14-23-15-13-19-18-8-4-3-7-17(18)9-10-20(19)21(23)11-12-22(23)25/h3-4,7-8,11-12,19-21,24H,1-2,5-6,9-10,13-16H2/t19-,20-,21+,23+/m1/s1. The minimum atomic E-state index is -0.104. The number of hydrogen-bond acceptors (Lipinski definition) is 2. The molecule has 0 unspecified atom stereocenters. The lowest BCUT2D eigenvalue weighted by molar-refractivity contribution is -0.129. The first kappa shape index (κ1) is 17.0. The van der Waals surface area contributed by atoms with E-state index >= 15 is 0 Å². The Labute approximate surface area is 151 Å². The topological polar surface area (TPSA) is 37.3 Å².